The molecule has 2 heterocycles. The Balaban J connectivity index is 1.53. The Morgan fingerprint density at radius 3 is 2.07 bits per heavy atom. The third-order valence-corrected chi connectivity index (χ3v) is 5.41. The number of cyclic esters (lactones) is 1. The summed E-state index contributed by atoms with van der Waals surface area (Å²) in [5.41, 5.74) is 2.11. The summed E-state index contributed by atoms with van der Waals surface area (Å²) in [6, 6.07) is 19.9. The van der Waals surface area contributed by atoms with Gasteiger partial charge in [-0.1, -0.05) is 60.7 Å². The second-order valence-electron chi connectivity index (χ2n) is 7.35. The molecule has 5 atom stereocenters. The molecular weight excluding hydrogens is 372 g/mol. The Morgan fingerprint density at radius 2 is 1.48 bits per heavy atom. The predicted octanol–water partition coefficient (Wildman–Crippen LogP) is 3.09. The molecule has 2 saturated heterocycles. The summed E-state index contributed by atoms with van der Waals surface area (Å²) >= 11 is 0. The van der Waals surface area contributed by atoms with Crippen molar-refractivity contribution in [1.29, 1.82) is 0 Å². The van der Waals surface area contributed by atoms with Gasteiger partial charge in [-0.15, -0.1) is 0 Å². The minimum atomic E-state index is -0.600. The van der Waals surface area contributed by atoms with Gasteiger partial charge in [0.05, 0.1) is 25.7 Å². The number of carbonyl (C=O) groups excluding carboxylic acids is 1. The second kappa shape index (κ2) is 9.50. The van der Waals surface area contributed by atoms with Gasteiger partial charge in [0.15, 0.2) is 6.29 Å². The van der Waals surface area contributed by atoms with Crippen molar-refractivity contribution in [3.05, 3.63) is 71.8 Å². The maximum Gasteiger partial charge on any atom is 0.306 e. The summed E-state index contributed by atoms with van der Waals surface area (Å²) in [5.74, 6) is -0.382. The highest BCUT2D eigenvalue weighted by Crippen LogP contribution is 2.36. The molecule has 2 aromatic carbocycles. The fourth-order valence-electron chi connectivity index (χ4n) is 3.91. The van der Waals surface area contributed by atoms with Crippen molar-refractivity contribution in [2.45, 2.75) is 44.2 Å². The van der Waals surface area contributed by atoms with Crippen LogP contribution in [0.15, 0.2) is 60.7 Å². The second-order valence-corrected chi connectivity index (χ2v) is 7.35. The van der Waals surface area contributed by atoms with Gasteiger partial charge >= 0.3 is 5.97 Å². The number of carbonyl (C=O) groups is 1. The monoisotopic (exact) mass is 398 g/mol. The quantitative estimate of drug-likeness (QED) is 0.668. The highest BCUT2D eigenvalue weighted by atomic mass is 16.7. The van der Waals surface area contributed by atoms with Crippen molar-refractivity contribution >= 4 is 5.97 Å². The summed E-state index contributed by atoms with van der Waals surface area (Å²) in [4.78, 5) is 12.0. The first-order valence-corrected chi connectivity index (χ1v) is 9.89. The van der Waals surface area contributed by atoms with Gasteiger partial charge in [0.25, 0.3) is 0 Å². The SMILES string of the molecule is CO[C@H]1OC2COC(=O)C[C@@H]2C(OCc2ccccc2)C1OCc1ccccc1. The molecule has 0 amide bonds. The molecule has 0 spiro atoms. The van der Waals surface area contributed by atoms with Crippen molar-refractivity contribution in [1.82, 2.24) is 0 Å². The molecule has 2 aromatic rings. The topological polar surface area (TPSA) is 63.2 Å². The number of methoxy groups -OCH3 is 1. The molecule has 154 valence electrons. The molecule has 29 heavy (non-hydrogen) atoms. The van der Waals surface area contributed by atoms with Crippen LogP contribution in [-0.2, 0) is 41.7 Å². The lowest BCUT2D eigenvalue weighted by Gasteiger charge is -2.47. The van der Waals surface area contributed by atoms with E-state index in [2.05, 4.69) is 0 Å². The molecule has 2 fully saturated rings. The van der Waals surface area contributed by atoms with Gasteiger partial charge in [0.1, 0.15) is 18.8 Å². The van der Waals surface area contributed by atoms with Crippen LogP contribution in [0.25, 0.3) is 0 Å². The first-order chi connectivity index (χ1) is 14.2. The van der Waals surface area contributed by atoms with Crippen molar-refractivity contribution in [3.8, 4) is 0 Å². The summed E-state index contributed by atoms with van der Waals surface area (Å²) in [6.07, 6.45) is -1.44. The molecule has 0 aromatic heterocycles. The van der Waals surface area contributed by atoms with Gasteiger partial charge in [0.2, 0.25) is 0 Å². The number of hydrogen-bond acceptors (Lipinski definition) is 6. The highest BCUT2D eigenvalue weighted by Gasteiger charge is 2.50. The van der Waals surface area contributed by atoms with E-state index in [4.69, 9.17) is 23.7 Å². The van der Waals surface area contributed by atoms with E-state index >= 15 is 0 Å². The minimum Gasteiger partial charge on any atom is -0.463 e. The molecule has 0 N–H and O–H groups in total. The van der Waals surface area contributed by atoms with Gasteiger partial charge in [-0.2, -0.15) is 0 Å². The van der Waals surface area contributed by atoms with Crippen molar-refractivity contribution in [2.75, 3.05) is 13.7 Å². The van der Waals surface area contributed by atoms with Crippen LogP contribution >= 0.6 is 0 Å². The number of ether oxygens (including phenoxy) is 5. The molecule has 2 aliphatic heterocycles. The predicted molar refractivity (Wildman–Crippen MR) is 105 cm³/mol. The minimum absolute atomic E-state index is 0.146. The van der Waals surface area contributed by atoms with Crippen LogP contribution in [-0.4, -0.2) is 44.3 Å². The lowest BCUT2D eigenvalue weighted by molar-refractivity contribution is -0.310. The zero-order valence-corrected chi connectivity index (χ0v) is 16.4. The molecule has 6 nitrogen and oxygen atoms in total. The number of fused-ring (bicyclic) bond motifs is 1. The molecule has 4 rings (SSSR count). The van der Waals surface area contributed by atoms with Crippen LogP contribution < -0.4 is 0 Å². The number of benzene rings is 2. The molecule has 2 aliphatic rings. The van der Waals surface area contributed by atoms with Gasteiger partial charge in [-0.3, -0.25) is 4.79 Å². The van der Waals surface area contributed by atoms with Gasteiger partial charge < -0.3 is 23.7 Å². The van der Waals surface area contributed by atoms with Crippen LogP contribution in [0, 0.1) is 5.92 Å². The Kier molecular flexibility index (Phi) is 6.56. The third kappa shape index (κ3) is 4.85. The number of esters is 1. The van der Waals surface area contributed by atoms with Crippen LogP contribution in [0.4, 0.5) is 0 Å². The fraction of sp³-hybridized carbons (Fsp3) is 0.435. The normalized spacial score (nSPS) is 29.1. The summed E-state index contributed by atoms with van der Waals surface area (Å²) in [6.45, 7) is 1.03. The molecule has 0 bridgehead atoms. The van der Waals surface area contributed by atoms with Gasteiger partial charge in [0, 0.05) is 13.0 Å². The van der Waals surface area contributed by atoms with E-state index in [1.807, 2.05) is 60.7 Å². The third-order valence-electron chi connectivity index (χ3n) is 5.41. The number of hydrogen-bond donors (Lipinski definition) is 0. The molecule has 0 radical (unpaired) electrons. The first kappa shape index (κ1) is 20.0. The Morgan fingerprint density at radius 1 is 0.897 bits per heavy atom. The van der Waals surface area contributed by atoms with Crippen molar-refractivity contribution in [3.63, 3.8) is 0 Å². The maximum atomic E-state index is 12.0. The molecule has 0 aliphatic carbocycles. The summed E-state index contributed by atoms with van der Waals surface area (Å²) in [7, 11) is 1.59. The zero-order chi connectivity index (χ0) is 20.1. The Hall–Kier alpha value is -2.25. The van der Waals surface area contributed by atoms with Gasteiger partial charge in [-0.25, -0.2) is 0 Å². The first-order valence-electron chi connectivity index (χ1n) is 9.89. The van der Waals surface area contributed by atoms with Crippen LogP contribution in [0.2, 0.25) is 0 Å². The fourth-order valence-corrected chi connectivity index (χ4v) is 3.91. The lowest BCUT2D eigenvalue weighted by Crippen LogP contribution is -2.60. The summed E-state index contributed by atoms with van der Waals surface area (Å²) < 4.78 is 29.4. The van der Waals surface area contributed by atoms with Gasteiger partial charge in [-0.05, 0) is 11.1 Å². The molecule has 0 saturated carbocycles. The van der Waals surface area contributed by atoms with E-state index in [9.17, 15) is 4.79 Å². The standard InChI is InChI=1S/C23H26O6/c1-25-23-22(28-14-17-10-6-3-7-11-17)21(27-13-16-8-4-2-5-9-16)18-12-20(24)26-15-19(18)29-23/h2-11,18-19,21-23H,12-15H2,1H3/t18-,19?,21?,22?,23-/m0/s1. The van der Waals surface area contributed by atoms with Crippen LogP contribution in [0.1, 0.15) is 17.5 Å². The molecular formula is C23H26O6. The van der Waals surface area contributed by atoms with E-state index in [0.29, 0.717) is 13.2 Å². The smallest absolute Gasteiger partial charge is 0.306 e. The lowest BCUT2D eigenvalue weighted by atomic mass is 9.85. The highest BCUT2D eigenvalue weighted by molar-refractivity contribution is 5.70. The van der Waals surface area contributed by atoms with Crippen molar-refractivity contribution in [2.24, 2.45) is 5.92 Å². The van der Waals surface area contributed by atoms with Crippen molar-refractivity contribution < 1.29 is 28.5 Å². The average Bonchev–Trinajstić information content (AvgIpc) is 2.77. The van der Waals surface area contributed by atoms with E-state index in [1.54, 1.807) is 7.11 Å². The largest absolute Gasteiger partial charge is 0.463 e. The molecule has 3 unspecified atom stereocenters. The van der Waals surface area contributed by atoms with E-state index < -0.39 is 12.4 Å². The Bertz CT molecular complexity index is 780. The molecule has 6 heteroatoms. The zero-order valence-electron chi connectivity index (χ0n) is 16.4. The van der Waals surface area contributed by atoms with Crippen LogP contribution in [0.5, 0.6) is 0 Å². The van der Waals surface area contributed by atoms with Crippen LogP contribution in [0.3, 0.4) is 0 Å². The van der Waals surface area contributed by atoms with E-state index in [0.717, 1.165) is 11.1 Å². The number of rotatable bonds is 7. The Labute approximate surface area is 170 Å². The average molecular weight is 398 g/mol. The summed E-state index contributed by atoms with van der Waals surface area (Å²) in [5, 5.41) is 0. The maximum absolute atomic E-state index is 12.0. The van der Waals surface area contributed by atoms with E-state index in [-0.39, 0.29) is 37.1 Å². The van der Waals surface area contributed by atoms with E-state index in [1.165, 1.54) is 0 Å².